The van der Waals surface area contributed by atoms with E-state index in [1.165, 1.54) is 54.9 Å². The van der Waals surface area contributed by atoms with Crippen LogP contribution in [0.1, 0.15) is 25.0 Å². The molecule has 3 nitrogen and oxygen atoms in total. The average Bonchev–Trinajstić information content (AvgIpc) is 3.60. The highest BCUT2D eigenvalue weighted by Crippen LogP contribution is 2.50. The zero-order valence-corrected chi connectivity index (χ0v) is 26.8. The lowest BCUT2D eigenvalue weighted by Gasteiger charge is -2.21. The molecule has 0 aliphatic heterocycles. The normalized spacial score (nSPS) is 13.4. The first-order valence-corrected chi connectivity index (χ1v) is 16.6. The highest BCUT2D eigenvalue weighted by molar-refractivity contribution is 6.23. The number of rotatable bonds is 3. The predicted molar refractivity (Wildman–Crippen MR) is 200 cm³/mol. The molecule has 0 bridgehead atoms. The molecule has 0 amide bonds. The maximum atomic E-state index is 5.42. The van der Waals surface area contributed by atoms with Gasteiger partial charge in [0.05, 0.1) is 22.1 Å². The van der Waals surface area contributed by atoms with Gasteiger partial charge in [0, 0.05) is 27.3 Å². The van der Waals surface area contributed by atoms with Crippen LogP contribution in [0, 0.1) is 0 Å². The first-order valence-electron chi connectivity index (χ1n) is 16.6. The summed E-state index contributed by atoms with van der Waals surface area (Å²) in [6, 6.07) is 54.5. The second-order valence-electron chi connectivity index (χ2n) is 13.4. The van der Waals surface area contributed by atoms with Gasteiger partial charge in [-0.3, -0.25) is 4.57 Å². The molecule has 7 aromatic carbocycles. The summed E-state index contributed by atoms with van der Waals surface area (Å²) in [5.74, 6) is 0.829. The van der Waals surface area contributed by atoms with Gasteiger partial charge in [0.2, 0.25) is 0 Å². The van der Waals surface area contributed by atoms with Gasteiger partial charge in [0.25, 0.3) is 0 Å². The lowest BCUT2D eigenvalue weighted by atomic mass is 9.82. The molecule has 0 atom stereocenters. The Morgan fingerprint density at radius 2 is 1.19 bits per heavy atom. The Labute approximate surface area is 278 Å². The Hall–Kier alpha value is -6.06. The van der Waals surface area contributed by atoms with Crippen molar-refractivity contribution in [2.45, 2.75) is 19.3 Å². The van der Waals surface area contributed by atoms with Crippen LogP contribution < -0.4 is 0 Å². The van der Waals surface area contributed by atoms with Gasteiger partial charge < -0.3 is 0 Å². The van der Waals surface area contributed by atoms with Gasteiger partial charge in [-0.1, -0.05) is 141 Å². The fourth-order valence-electron chi connectivity index (χ4n) is 8.11. The molecule has 0 unspecified atom stereocenters. The van der Waals surface area contributed by atoms with Crippen LogP contribution in [0.25, 0.3) is 82.9 Å². The monoisotopic (exact) mass is 613 g/mol. The highest BCUT2D eigenvalue weighted by atomic mass is 15.1. The van der Waals surface area contributed by atoms with Crippen molar-refractivity contribution in [1.29, 1.82) is 0 Å². The fraction of sp³-hybridized carbons (Fsp3) is 0.0667. The van der Waals surface area contributed by atoms with Crippen LogP contribution in [-0.4, -0.2) is 14.5 Å². The molecule has 0 N–H and O–H groups in total. The van der Waals surface area contributed by atoms with Gasteiger partial charge in [-0.05, 0) is 62.9 Å². The predicted octanol–water partition coefficient (Wildman–Crippen LogP) is 11.5. The van der Waals surface area contributed by atoms with Crippen LogP contribution in [0.3, 0.4) is 0 Å². The number of hydrogen-bond donors (Lipinski definition) is 0. The molecule has 48 heavy (non-hydrogen) atoms. The summed E-state index contributed by atoms with van der Waals surface area (Å²) in [4.78, 5) is 10.7. The van der Waals surface area contributed by atoms with Crippen molar-refractivity contribution < 1.29 is 0 Å². The minimum atomic E-state index is -0.0461. The van der Waals surface area contributed by atoms with E-state index >= 15 is 0 Å². The number of fused-ring (bicyclic) bond motifs is 9. The molecule has 2 heterocycles. The molecule has 1 aliphatic rings. The van der Waals surface area contributed by atoms with Crippen molar-refractivity contribution in [3.05, 3.63) is 163 Å². The van der Waals surface area contributed by atoms with Crippen molar-refractivity contribution in [1.82, 2.24) is 14.5 Å². The summed E-state index contributed by atoms with van der Waals surface area (Å²) in [5.41, 5.74) is 13.6. The quantitative estimate of drug-likeness (QED) is 0.198. The van der Waals surface area contributed by atoms with Crippen molar-refractivity contribution in [2.75, 3.05) is 0 Å². The molecule has 0 spiro atoms. The molecule has 226 valence electrons. The molecule has 1 aliphatic carbocycles. The maximum Gasteiger partial charge on any atom is 0.165 e. The summed E-state index contributed by atoms with van der Waals surface area (Å²) in [5, 5.41) is 4.88. The van der Waals surface area contributed by atoms with Gasteiger partial charge in [0.15, 0.2) is 5.82 Å². The van der Waals surface area contributed by atoms with Crippen LogP contribution in [0.4, 0.5) is 0 Å². The Morgan fingerprint density at radius 3 is 2.06 bits per heavy atom. The Kier molecular flexibility index (Phi) is 5.63. The Morgan fingerprint density at radius 1 is 0.500 bits per heavy atom. The SMILES string of the molecule is CC1(C)c2ccccc2-c2cc(-c3cccc4c5c6ccccc6ccc5n(-c5nc6ccccc6nc5-c5ccccc5)c34)ccc21. The van der Waals surface area contributed by atoms with Crippen LogP contribution >= 0.6 is 0 Å². The molecule has 9 aromatic rings. The summed E-state index contributed by atoms with van der Waals surface area (Å²) in [6.07, 6.45) is 0. The Bertz CT molecular complexity index is 2750. The van der Waals surface area contributed by atoms with E-state index in [0.717, 1.165) is 39.1 Å². The van der Waals surface area contributed by atoms with E-state index < -0.39 is 0 Å². The fourth-order valence-corrected chi connectivity index (χ4v) is 8.11. The van der Waals surface area contributed by atoms with Gasteiger partial charge >= 0.3 is 0 Å². The van der Waals surface area contributed by atoms with Gasteiger partial charge in [-0.15, -0.1) is 0 Å². The number of hydrogen-bond acceptors (Lipinski definition) is 2. The van der Waals surface area contributed by atoms with Crippen LogP contribution in [0.2, 0.25) is 0 Å². The standard InChI is InChI=1S/C45H31N3/c1-45(2)36-20-9-8-17-33(36)35-27-30(23-25-37(35)45)32-18-12-19-34-41-31-16-7-6-13-28(31)24-26-40(41)48(43(32)34)44-42(29-14-4-3-5-15-29)46-38-21-10-11-22-39(38)47-44/h3-27H,1-2H3. The van der Waals surface area contributed by atoms with Crippen LogP contribution in [0.15, 0.2) is 152 Å². The molecular formula is C45H31N3. The molecule has 3 heteroatoms. The smallest absolute Gasteiger partial charge is 0.165 e. The van der Waals surface area contributed by atoms with Crippen molar-refractivity contribution >= 4 is 43.6 Å². The molecule has 0 fully saturated rings. The van der Waals surface area contributed by atoms with E-state index in [2.05, 4.69) is 152 Å². The Balaban J connectivity index is 1.36. The summed E-state index contributed by atoms with van der Waals surface area (Å²) in [7, 11) is 0. The molecule has 0 saturated heterocycles. The van der Waals surface area contributed by atoms with Gasteiger partial charge in [0.1, 0.15) is 5.69 Å². The lowest BCUT2D eigenvalue weighted by molar-refractivity contribution is 0.660. The second kappa shape index (κ2) is 9.97. The number of aromatic nitrogens is 3. The zero-order chi connectivity index (χ0) is 32.0. The summed E-state index contributed by atoms with van der Waals surface area (Å²) in [6.45, 7) is 4.68. The van der Waals surface area contributed by atoms with Gasteiger partial charge in [-0.2, -0.15) is 0 Å². The van der Waals surface area contributed by atoms with Crippen LogP contribution in [0.5, 0.6) is 0 Å². The van der Waals surface area contributed by atoms with E-state index in [-0.39, 0.29) is 5.41 Å². The third-order valence-corrected chi connectivity index (χ3v) is 10.4. The third kappa shape index (κ3) is 3.76. The average molecular weight is 614 g/mol. The van der Waals surface area contributed by atoms with Crippen LogP contribution in [-0.2, 0) is 5.41 Å². The van der Waals surface area contributed by atoms with E-state index in [0.29, 0.717) is 0 Å². The van der Waals surface area contributed by atoms with Crippen molar-refractivity contribution in [3.8, 4) is 39.3 Å². The summed E-state index contributed by atoms with van der Waals surface area (Å²) < 4.78 is 2.37. The van der Waals surface area contributed by atoms with E-state index in [1.807, 2.05) is 18.2 Å². The van der Waals surface area contributed by atoms with Gasteiger partial charge in [-0.25, -0.2) is 9.97 Å². The van der Waals surface area contributed by atoms with Crippen molar-refractivity contribution in [3.63, 3.8) is 0 Å². The summed E-state index contributed by atoms with van der Waals surface area (Å²) >= 11 is 0. The minimum Gasteiger partial charge on any atom is -0.291 e. The number of benzene rings is 7. The zero-order valence-electron chi connectivity index (χ0n) is 26.8. The maximum absolute atomic E-state index is 5.42. The number of nitrogens with zero attached hydrogens (tertiary/aromatic N) is 3. The molecule has 0 saturated carbocycles. The third-order valence-electron chi connectivity index (χ3n) is 10.4. The lowest BCUT2D eigenvalue weighted by Crippen LogP contribution is -2.14. The first-order chi connectivity index (χ1) is 23.6. The van der Waals surface area contributed by atoms with E-state index in [4.69, 9.17) is 9.97 Å². The molecule has 10 rings (SSSR count). The van der Waals surface area contributed by atoms with E-state index in [9.17, 15) is 0 Å². The highest BCUT2D eigenvalue weighted by Gasteiger charge is 2.35. The van der Waals surface area contributed by atoms with E-state index in [1.54, 1.807) is 0 Å². The topological polar surface area (TPSA) is 30.7 Å². The van der Waals surface area contributed by atoms with Crippen molar-refractivity contribution in [2.24, 2.45) is 0 Å². The molecule has 0 radical (unpaired) electrons. The molecule has 2 aromatic heterocycles. The number of para-hydroxylation sites is 3. The molecular weight excluding hydrogens is 583 g/mol. The minimum absolute atomic E-state index is 0.0461. The second-order valence-corrected chi connectivity index (χ2v) is 13.4. The first kappa shape index (κ1) is 27.1. The largest absolute Gasteiger partial charge is 0.291 e.